The Balaban J connectivity index is 2.25. The van der Waals surface area contributed by atoms with Gasteiger partial charge in [-0.1, -0.05) is 18.2 Å². The molecule has 3 rings (SSSR count). The molecule has 0 bridgehead atoms. The Bertz CT molecular complexity index is 389. The third-order valence-corrected chi connectivity index (χ3v) is 2.76. The number of rotatable bonds is 0. The maximum Gasteiger partial charge on any atom is 0.0750 e. The summed E-state index contributed by atoms with van der Waals surface area (Å²) in [5.41, 5.74) is 5.01. The van der Waals surface area contributed by atoms with Gasteiger partial charge in [-0.2, -0.15) is 0 Å². The molecule has 0 unspecified atom stereocenters. The van der Waals surface area contributed by atoms with Crippen LogP contribution in [-0.4, -0.2) is 12.8 Å². The summed E-state index contributed by atoms with van der Waals surface area (Å²) in [4.78, 5) is 4.49. The average molecular weight is 184 g/mol. The van der Waals surface area contributed by atoms with E-state index in [1.807, 2.05) is 6.21 Å². The number of fused-ring (bicyclic) bond motifs is 3. The van der Waals surface area contributed by atoms with Crippen molar-refractivity contribution in [3.05, 3.63) is 29.3 Å². The quantitative estimate of drug-likeness (QED) is 0.658. The molecular formula is C12H12N2. The fraction of sp³-hybridized carbons (Fsp3) is 0.250. The Morgan fingerprint density at radius 1 is 1.29 bits per heavy atom. The first-order chi connectivity index (χ1) is 6.95. The largest absolute Gasteiger partial charge is 0.381 e. The van der Waals surface area contributed by atoms with E-state index in [1.54, 1.807) is 0 Å². The van der Waals surface area contributed by atoms with Gasteiger partial charge in [0.2, 0.25) is 0 Å². The molecule has 14 heavy (non-hydrogen) atoms. The molecule has 0 aliphatic carbocycles. The average Bonchev–Trinajstić information content (AvgIpc) is 2.29. The SMILES string of the molecule is C1=Cc2c(ccc3c2N=CCC3)NC1. The number of anilines is 1. The first-order valence-electron chi connectivity index (χ1n) is 5.04. The van der Waals surface area contributed by atoms with Gasteiger partial charge in [0.1, 0.15) is 0 Å². The lowest BCUT2D eigenvalue weighted by Gasteiger charge is -2.19. The van der Waals surface area contributed by atoms with Crippen LogP contribution in [0.1, 0.15) is 17.5 Å². The summed E-state index contributed by atoms with van der Waals surface area (Å²) in [5, 5.41) is 3.35. The van der Waals surface area contributed by atoms with Gasteiger partial charge < -0.3 is 5.32 Å². The number of hydrogen-bond acceptors (Lipinski definition) is 2. The van der Waals surface area contributed by atoms with Gasteiger partial charge in [0.15, 0.2) is 0 Å². The van der Waals surface area contributed by atoms with E-state index in [9.17, 15) is 0 Å². The van der Waals surface area contributed by atoms with Crippen LogP contribution in [0.25, 0.3) is 6.08 Å². The summed E-state index contributed by atoms with van der Waals surface area (Å²) < 4.78 is 0. The van der Waals surface area contributed by atoms with E-state index in [-0.39, 0.29) is 0 Å². The van der Waals surface area contributed by atoms with Crippen molar-refractivity contribution in [2.75, 3.05) is 11.9 Å². The highest BCUT2D eigenvalue weighted by atomic mass is 14.9. The van der Waals surface area contributed by atoms with Crippen LogP contribution in [0.4, 0.5) is 11.4 Å². The highest BCUT2D eigenvalue weighted by molar-refractivity contribution is 5.84. The van der Waals surface area contributed by atoms with Crippen LogP contribution >= 0.6 is 0 Å². The second-order valence-electron chi connectivity index (χ2n) is 3.67. The van der Waals surface area contributed by atoms with Gasteiger partial charge in [-0.3, -0.25) is 4.99 Å². The lowest BCUT2D eigenvalue weighted by Crippen LogP contribution is -2.06. The van der Waals surface area contributed by atoms with Crippen molar-refractivity contribution in [3.8, 4) is 0 Å². The van der Waals surface area contributed by atoms with E-state index in [1.165, 1.54) is 16.8 Å². The standard InChI is InChI=1S/C12H12N2/c1-3-9-5-6-11-10(4-2-7-13-11)12(9)14-8-1/h2,4-6,8,13H,1,3,7H2. The summed E-state index contributed by atoms with van der Waals surface area (Å²) in [6.45, 7) is 0.926. The maximum absolute atomic E-state index is 4.49. The third-order valence-electron chi connectivity index (χ3n) is 2.76. The molecule has 0 radical (unpaired) electrons. The molecule has 1 aromatic rings. The molecule has 0 fully saturated rings. The number of nitrogens with one attached hydrogen (secondary N) is 1. The molecule has 0 saturated heterocycles. The van der Waals surface area contributed by atoms with Crippen LogP contribution in [0.15, 0.2) is 23.2 Å². The van der Waals surface area contributed by atoms with Gasteiger partial charge in [0.25, 0.3) is 0 Å². The molecular weight excluding hydrogens is 172 g/mol. The molecule has 1 N–H and O–H groups in total. The molecule has 0 atom stereocenters. The molecule has 2 nitrogen and oxygen atoms in total. The maximum atomic E-state index is 4.49. The Labute approximate surface area is 83.4 Å². The summed E-state index contributed by atoms with van der Waals surface area (Å²) >= 11 is 0. The van der Waals surface area contributed by atoms with Gasteiger partial charge in [-0.15, -0.1) is 0 Å². The minimum absolute atomic E-state index is 0.926. The minimum atomic E-state index is 0.926. The van der Waals surface area contributed by atoms with E-state index in [2.05, 4.69) is 34.6 Å². The Kier molecular flexibility index (Phi) is 1.66. The smallest absolute Gasteiger partial charge is 0.0750 e. The molecule has 2 heteroatoms. The highest BCUT2D eigenvalue weighted by Crippen LogP contribution is 2.35. The van der Waals surface area contributed by atoms with E-state index in [4.69, 9.17) is 0 Å². The Hall–Kier alpha value is -1.57. The van der Waals surface area contributed by atoms with E-state index < -0.39 is 0 Å². The van der Waals surface area contributed by atoms with Gasteiger partial charge in [0.05, 0.1) is 5.69 Å². The summed E-state index contributed by atoms with van der Waals surface area (Å²) in [7, 11) is 0. The Morgan fingerprint density at radius 2 is 2.29 bits per heavy atom. The molecule has 70 valence electrons. The highest BCUT2D eigenvalue weighted by Gasteiger charge is 2.13. The first kappa shape index (κ1) is 7.80. The number of benzene rings is 1. The molecule has 0 amide bonds. The lowest BCUT2D eigenvalue weighted by molar-refractivity contribution is 1.02. The fourth-order valence-electron chi connectivity index (χ4n) is 2.05. The molecule has 2 aliphatic rings. The second kappa shape index (κ2) is 2.98. The number of aryl methyl sites for hydroxylation is 1. The summed E-state index contributed by atoms with van der Waals surface area (Å²) in [5.74, 6) is 0. The molecule has 0 saturated carbocycles. The number of hydrogen-bond donors (Lipinski definition) is 1. The first-order valence-corrected chi connectivity index (χ1v) is 5.04. The van der Waals surface area contributed by atoms with E-state index >= 15 is 0 Å². The van der Waals surface area contributed by atoms with Crippen LogP contribution in [0.2, 0.25) is 0 Å². The third kappa shape index (κ3) is 1.07. The van der Waals surface area contributed by atoms with Gasteiger partial charge in [0, 0.05) is 24.0 Å². The van der Waals surface area contributed by atoms with Crippen molar-refractivity contribution in [2.24, 2.45) is 4.99 Å². The zero-order chi connectivity index (χ0) is 9.38. The Morgan fingerprint density at radius 3 is 3.29 bits per heavy atom. The van der Waals surface area contributed by atoms with Crippen molar-refractivity contribution >= 4 is 23.7 Å². The topological polar surface area (TPSA) is 24.4 Å². The minimum Gasteiger partial charge on any atom is -0.381 e. The molecule has 1 aromatic carbocycles. The van der Waals surface area contributed by atoms with Gasteiger partial charge >= 0.3 is 0 Å². The zero-order valence-corrected chi connectivity index (χ0v) is 7.96. The predicted molar refractivity (Wildman–Crippen MR) is 60.4 cm³/mol. The van der Waals surface area contributed by atoms with Crippen molar-refractivity contribution in [1.29, 1.82) is 0 Å². The van der Waals surface area contributed by atoms with Crippen LogP contribution in [0.5, 0.6) is 0 Å². The van der Waals surface area contributed by atoms with Crippen LogP contribution in [-0.2, 0) is 6.42 Å². The van der Waals surface area contributed by atoms with Crippen molar-refractivity contribution in [2.45, 2.75) is 12.8 Å². The van der Waals surface area contributed by atoms with Crippen molar-refractivity contribution < 1.29 is 0 Å². The van der Waals surface area contributed by atoms with Crippen LogP contribution in [0.3, 0.4) is 0 Å². The van der Waals surface area contributed by atoms with Crippen LogP contribution in [0, 0.1) is 0 Å². The monoisotopic (exact) mass is 184 g/mol. The van der Waals surface area contributed by atoms with Gasteiger partial charge in [-0.25, -0.2) is 0 Å². The zero-order valence-electron chi connectivity index (χ0n) is 7.96. The number of nitrogens with zero attached hydrogens (tertiary/aromatic N) is 1. The predicted octanol–water partition coefficient (Wildman–Crippen LogP) is 2.77. The molecule has 2 aliphatic heterocycles. The van der Waals surface area contributed by atoms with Crippen molar-refractivity contribution in [3.63, 3.8) is 0 Å². The van der Waals surface area contributed by atoms with Gasteiger partial charge in [-0.05, 0) is 24.5 Å². The molecule has 0 spiro atoms. The molecule has 0 aromatic heterocycles. The summed E-state index contributed by atoms with van der Waals surface area (Å²) in [6, 6.07) is 4.36. The normalized spacial score (nSPS) is 17.1. The van der Waals surface area contributed by atoms with E-state index in [0.717, 1.165) is 25.1 Å². The van der Waals surface area contributed by atoms with Crippen molar-refractivity contribution in [1.82, 2.24) is 0 Å². The number of aliphatic imine (C=N–C) groups is 1. The lowest BCUT2D eigenvalue weighted by atomic mass is 9.98. The molecule has 2 heterocycles. The second-order valence-corrected chi connectivity index (χ2v) is 3.67. The van der Waals surface area contributed by atoms with Crippen LogP contribution < -0.4 is 5.32 Å². The fourth-order valence-corrected chi connectivity index (χ4v) is 2.05. The van der Waals surface area contributed by atoms with E-state index in [0.29, 0.717) is 0 Å². The summed E-state index contributed by atoms with van der Waals surface area (Å²) in [6.07, 6.45) is 8.54.